The van der Waals surface area contributed by atoms with Crippen molar-refractivity contribution in [1.29, 1.82) is 0 Å². The van der Waals surface area contributed by atoms with Crippen LogP contribution in [0.4, 0.5) is 10.1 Å². The van der Waals surface area contributed by atoms with Crippen molar-refractivity contribution in [1.82, 2.24) is 0 Å². The van der Waals surface area contributed by atoms with Gasteiger partial charge in [0.25, 0.3) is 0 Å². The summed E-state index contributed by atoms with van der Waals surface area (Å²) in [5, 5.41) is 19.9. The van der Waals surface area contributed by atoms with Gasteiger partial charge in [-0.2, -0.15) is 0 Å². The lowest BCUT2D eigenvalue weighted by atomic mass is 10.1. The van der Waals surface area contributed by atoms with Crippen molar-refractivity contribution in [2.75, 3.05) is 16.4 Å². The van der Waals surface area contributed by atoms with E-state index in [0.29, 0.717) is 11.3 Å². The number of nitrogens with zero attached hydrogens (tertiary/aromatic N) is 1. The quantitative estimate of drug-likeness (QED) is 0.877. The van der Waals surface area contributed by atoms with Gasteiger partial charge in [-0.1, -0.05) is 18.2 Å². The summed E-state index contributed by atoms with van der Waals surface area (Å²) in [7, 11) is -3.34. The van der Waals surface area contributed by atoms with Crippen LogP contribution in [0.3, 0.4) is 0 Å². The summed E-state index contributed by atoms with van der Waals surface area (Å²) in [6, 6.07) is 11.7. The summed E-state index contributed by atoms with van der Waals surface area (Å²) in [5.74, 6) is -0.829. The third kappa shape index (κ3) is 3.68. The van der Waals surface area contributed by atoms with E-state index in [0.717, 1.165) is 0 Å². The zero-order chi connectivity index (χ0) is 17.3. The highest BCUT2D eigenvalue weighted by atomic mass is 32.2. The van der Waals surface area contributed by atoms with Crippen LogP contribution in [0.15, 0.2) is 48.5 Å². The third-order valence-electron chi connectivity index (χ3n) is 4.10. The van der Waals surface area contributed by atoms with Gasteiger partial charge in [0.05, 0.1) is 23.7 Å². The molecule has 1 saturated heterocycles. The Morgan fingerprint density at radius 2 is 1.88 bits per heavy atom. The first kappa shape index (κ1) is 16.7. The number of anilines is 1. The van der Waals surface area contributed by atoms with E-state index in [2.05, 4.69) is 0 Å². The Kier molecular flexibility index (Phi) is 4.47. The summed E-state index contributed by atoms with van der Waals surface area (Å²) < 4.78 is 37.2. The minimum Gasteiger partial charge on any atom is -0.508 e. The Balaban J connectivity index is 1.98. The Morgan fingerprint density at radius 1 is 1.12 bits per heavy atom. The largest absolute Gasteiger partial charge is 0.508 e. The minimum absolute atomic E-state index is 0.0343. The molecule has 1 aliphatic heterocycles. The molecule has 0 amide bonds. The number of benzene rings is 2. The van der Waals surface area contributed by atoms with Crippen molar-refractivity contribution >= 4 is 15.5 Å². The number of hydrogen-bond donors (Lipinski definition) is 2. The fourth-order valence-electron chi connectivity index (χ4n) is 3.01. The van der Waals surface area contributed by atoms with Gasteiger partial charge in [-0.15, -0.1) is 0 Å². The Bertz CT molecular complexity index is 840. The maximum absolute atomic E-state index is 13.5. The van der Waals surface area contributed by atoms with Crippen molar-refractivity contribution in [2.45, 2.75) is 18.7 Å². The summed E-state index contributed by atoms with van der Waals surface area (Å²) in [6.07, 6.45) is -1.04. The van der Waals surface area contributed by atoms with E-state index < -0.39 is 22.0 Å². The normalized spacial score (nSPS) is 22.4. The molecule has 0 bridgehead atoms. The summed E-state index contributed by atoms with van der Waals surface area (Å²) in [6.45, 7) is 0.221. The van der Waals surface area contributed by atoms with Crippen molar-refractivity contribution < 1.29 is 23.0 Å². The Labute approximate surface area is 139 Å². The second-order valence-corrected chi connectivity index (χ2v) is 8.14. The molecule has 1 heterocycles. The maximum atomic E-state index is 13.5. The second kappa shape index (κ2) is 6.41. The number of phenols is 1. The van der Waals surface area contributed by atoms with E-state index in [1.165, 1.54) is 24.3 Å². The molecule has 3 rings (SSSR count). The molecule has 0 aliphatic carbocycles. The molecule has 5 nitrogen and oxygen atoms in total. The summed E-state index contributed by atoms with van der Waals surface area (Å²) >= 11 is 0. The van der Waals surface area contributed by atoms with Gasteiger partial charge in [-0.3, -0.25) is 0 Å². The number of phenolic OH excluding ortho intramolecular Hbond substituents is 1. The first-order valence-electron chi connectivity index (χ1n) is 7.53. The van der Waals surface area contributed by atoms with Crippen LogP contribution in [-0.4, -0.2) is 42.3 Å². The topological polar surface area (TPSA) is 77.8 Å². The van der Waals surface area contributed by atoms with Crippen molar-refractivity contribution in [3.05, 3.63) is 59.9 Å². The molecule has 0 radical (unpaired) electrons. The predicted octanol–water partition coefficient (Wildman–Crippen LogP) is 1.70. The third-order valence-corrected chi connectivity index (χ3v) is 5.80. The van der Waals surface area contributed by atoms with Crippen LogP contribution in [0.25, 0.3) is 0 Å². The van der Waals surface area contributed by atoms with Gasteiger partial charge in [0, 0.05) is 18.3 Å². The first-order valence-corrected chi connectivity index (χ1v) is 9.35. The molecule has 2 aromatic rings. The van der Waals surface area contributed by atoms with Crippen LogP contribution in [0.5, 0.6) is 5.75 Å². The highest BCUT2D eigenvalue weighted by Crippen LogP contribution is 2.29. The molecule has 1 fully saturated rings. The Hall–Kier alpha value is -2.12. The minimum atomic E-state index is -3.34. The molecular formula is C17H18FNO4S. The summed E-state index contributed by atoms with van der Waals surface area (Å²) in [5.41, 5.74) is 1.22. The first-order chi connectivity index (χ1) is 11.3. The molecule has 0 spiro atoms. The van der Waals surface area contributed by atoms with Gasteiger partial charge >= 0.3 is 0 Å². The van der Waals surface area contributed by atoms with Crippen LogP contribution in [0.2, 0.25) is 0 Å². The number of rotatable bonds is 4. The lowest BCUT2D eigenvalue weighted by Crippen LogP contribution is -2.42. The van der Waals surface area contributed by atoms with Crippen molar-refractivity contribution in [2.24, 2.45) is 0 Å². The van der Waals surface area contributed by atoms with Gasteiger partial charge in [-0.05, 0) is 29.8 Å². The van der Waals surface area contributed by atoms with E-state index in [4.69, 9.17) is 0 Å². The maximum Gasteiger partial charge on any atom is 0.155 e. The lowest BCUT2D eigenvalue weighted by molar-refractivity contribution is 0.177. The molecule has 24 heavy (non-hydrogen) atoms. The van der Waals surface area contributed by atoms with Crippen molar-refractivity contribution in [3.63, 3.8) is 0 Å². The smallest absolute Gasteiger partial charge is 0.155 e. The monoisotopic (exact) mass is 351 g/mol. The molecule has 0 unspecified atom stereocenters. The van der Waals surface area contributed by atoms with Gasteiger partial charge < -0.3 is 15.1 Å². The standard InChI is InChI=1S/C17H18FNO4S/c18-13-4-1-3-12(7-13)9-19(14-5-2-6-15(20)8-14)16-10-24(22,23)11-17(16)21/h1-8,16-17,20-21H,9-11H2/t16-,17+/m1/s1. The molecule has 7 heteroatoms. The summed E-state index contributed by atoms with van der Waals surface area (Å²) in [4.78, 5) is 1.70. The van der Waals surface area contributed by atoms with Gasteiger partial charge in [-0.25, -0.2) is 12.8 Å². The van der Waals surface area contributed by atoms with E-state index in [1.807, 2.05) is 0 Å². The average molecular weight is 351 g/mol. The zero-order valence-electron chi connectivity index (χ0n) is 12.8. The number of aliphatic hydroxyl groups is 1. The van der Waals surface area contributed by atoms with E-state index in [1.54, 1.807) is 29.2 Å². The van der Waals surface area contributed by atoms with E-state index >= 15 is 0 Å². The molecular weight excluding hydrogens is 333 g/mol. The van der Waals surface area contributed by atoms with Crippen LogP contribution in [0.1, 0.15) is 5.56 Å². The fourth-order valence-corrected chi connectivity index (χ4v) is 4.81. The Morgan fingerprint density at radius 3 is 2.50 bits per heavy atom. The number of aromatic hydroxyl groups is 1. The molecule has 2 atom stereocenters. The fraction of sp³-hybridized carbons (Fsp3) is 0.294. The van der Waals surface area contributed by atoms with E-state index in [-0.39, 0.29) is 29.6 Å². The van der Waals surface area contributed by atoms with Crippen LogP contribution >= 0.6 is 0 Å². The predicted molar refractivity (Wildman–Crippen MR) is 89.1 cm³/mol. The molecule has 0 saturated carbocycles. The lowest BCUT2D eigenvalue weighted by Gasteiger charge is -2.32. The highest BCUT2D eigenvalue weighted by Gasteiger charge is 2.40. The molecule has 128 valence electrons. The zero-order valence-corrected chi connectivity index (χ0v) is 13.7. The highest BCUT2D eigenvalue weighted by molar-refractivity contribution is 7.91. The average Bonchev–Trinajstić information content (AvgIpc) is 2.77. The van der Waals surface area contributed by atoms with Crippen LogP contribution in [-0.2, 0) is 16.4 Å². The van der Waals surface area contributed by atoms with Gasteiger partial charge in [0.15, 0.2) is 9.84 Å². The van der Waals surface area contributed by atoms with Gasteiger partial charge in [0.2, 0.25) is 0 Å². The number of halogens is 1. The molecule has 2 aromatic carbocycles. The number of aliphatic hydroxyl groups excluding tert-OH is 1. The van der Waals surface area contributed by atoms with E-state index in [9.17, 15) is 23.0 Å². The molecule has 0 aromatic heterocycles. The van der Waals surface area contributed by atoms with Crippen LogP contribution in [0, 0.1) is 5.82 Å². The number of hydrogen-bond acceptors (Lipinski definition) is 5. The van der Waals surface area contributed by atoms with Gasteiger partial charge in [0.1, 0.15) is 11.6 Å². The van der Waals surface area contributed by atoms with Crippen LogP contribution < -0.4 is 4.90 Å². The molecule has 1 aliphatic rings. The SMILES string of the molecule is O=S1(=O)C[C@@H](N(Cc2cccc(F)c2)c2cccc(O)c2)[C@@H](O)C1. The van der Waals surface area contributed by atoms with Crippen molar-refractivity contribution in [3.8, 4) is 5.75 Å². The second-order valence-electron chi connectivity index (χ2n) is 5.99. The number of sulfone groups is 1. The molecule has 2 N–H and O–H groups in total.